The third-order valence-corrected chi connectivity index (χ3v) is 3.99. The Balaban J connectivity index is 1.82. The van der Waals surface area contributed by atoms with Gasteiger partial charge in [0.1, 0.15) is 23.1 Å². The van der Waals surface area contributed by atoms with Gasteiger partial charge in [0, 0.05) is 19.2 Å². The molecule has 1 N–H and O–H groups in total. The number of nitrogens with zero attached hydrogens (tertiary/aromatic N) is 3. The summed E-state index contributed by atoms with van der Waals surface area (Å²) in [4.78, 5) is 23.7. The van der Waals surface area contributed by atoms with Gasteiger partial charge in [-0.1, -0.05) is 12.1 Å². The maximum absolute atomic E-state index is 12.7. The summed E-state index contributed by atoms with van der Waals surface area (Å²) in [6.07, 6.45) is 2.34. The second-order valence-electron chi connectivity index (χ2n) is 6.47. The van der Waals surface area contributed by atoms with Crippen LogP contribution in [0.4, 0.5) is 11.5 Å². The number of amides is 1. The molecule has 0 atom stereocenters. The monoisotopic (exact) mass is 340 g/mol. The fourth-order valence-electron chi connectivity index (χ4n) is 2.89. The van der Waals surface area contributed by atoms with E-state index in [4.69, 9.17) is 4.74 Å². The number of para-hydroxylation sites is 2. The zero-order chi connectivity index (χ0) is 17.8. The molecule has 0 bridgehead atoms. The average molecular weight is 340 g/mol. The minimum Gasteiger partial charge on any atom is -0.489 e. The van der Waals surface area contributed by atoms with E-state index in [1.165, 1.54) is 0 Å². The number of hydrogen-bond acceptors (Lipinski definition) is 5. The van der Waals surface area contributed by atoms with Gasteiger partial charge in [-0.25, -0.2) is 9.97 Å². The van der Waals surface area contributed by atoms with Crippen LogP contribution in [0.25, 0.3) is 0 Å². The third-order valence-electron chi connectivity index (χ3n) is 3.99. The molecule has 1 aromatic carbocycles. The molecular weight excluding hydrogens is 316 g/mol. The molecule has 2 aromatic rings. The summed E-state index contributed by atoms with van der Waals surface area (Å²) in [6.45, 7) is 7.67. The van der Waals surface area contributed by atoms with Crippen molar-refractivity contribution in [2.24, 2.45) is 0 Å². The van der Waals surface area contributed by atoms with Gasteiger partial charge in [0.05, 0.1) is 11.8 Å². The van der Waals surface area contributed by atoms with Crippen LogP contribution < -0.4 is 15.0 Å². The molecule has 6 heteroatoms. The molecule has 6 nitrogen and oxygen atoms in total. The van der Waals surface area contributed by atoms with E-state index in [9.17, 15) is 4.79 Å². The zero-order valence-electron chi connectivity index (χ0n) is 15.0. The minimum absolute atomic E-state index is 0.0288. The van der Waals surface area contributed by atoms with Crippen LogP contribution in [-0.2, 0) is 0 Å². The number of ether oxygens (including phenoxy) is 1. The summed E-state index contributed by atoms with van der Waals surface area (Å²) >= 11 is 0. The van der Waals surface area contributed by atoms with E-state index in [2.05, 4.69) is 20.2 Å². The van der Waals surface area contributed by atoms with E-state index < -0.39 is 0 Å². The fourth-order valence-corrected chi connectivity index (χ4v) is 2.89. The van der Waals surface area contributed by atoms with Crippen molar-refractivity contribution in [2.75, 3.05) is 23.3 Å². The molecule has 1 fully saturated rings. The van der Waals surface area contributed by atoms with Crippen LogP contribution in [-0.4, -0.2) is 35.1 Å². The molecule has 1 aromatic heterocycles. The molecule has 2 heterocycles. The molecule has 0 saturated carbocycles. The van der Waals surface area contributed by atoms with E-state index in [1.807, 2.05) is 45.0 Å². The summed E-state index contributed by atoms with van der Waals surface area (Å²) in [6, 6.07) is 9.18. The van der Waals surface area contributed by atoms with Crippen LogP contribution in [0.5, 0.6) is 5.75 Å². The number of benzene rings is 1. The number of carbonyl (C=O) groups excluding carboxylic acids is 1. The van der Waals surface area contributed by atoms with Crippen LogP contribution in [0.15, 0.2) is 30.3 Å². The first kappa shape index (κ1) is 17.2. The van der Waals surface area contributed by atoms with Crippen molar-refractivity contribution in [1.29, 1.82) is 0 Å². The maximum Gasteiger partial charge on any atom is 0.274 e. The van der Waals surface area contributed by atoms with Gasteiger partial charge >= 0.3 is 0 Å². The van der Waals surface area contributed by atoms with Gasteiger partial charge in [0.15, 0.2) is 0 Å². The lowest BCUT2D eigenvalue weighted by Gasteiger charge is -2.18. The predicted octanol–water partition coefficient (Wildman–Crippen LogP) is 3.42. The topological polar surface area (TPSA) is 67.3 Å². The second kappa shape index (κ2) is 7.51. The van der Waals surface area contributed by atoms with E-state index >= 15 is 0 Å². The van der Waals surface area contributed by atoms with Gasteiger partial charge < -0.3 is 15.0 Å². The van der Waals surface area contributed by atoms with E-state index in [1.54, 1.807) is 6.07 Å². The van der Waals surface area contributed by atoms with Gasteiger partial charge in [-0.15, -0.1) is 0 Å². The van der Waals surface area contributed by atoms with Crippen molar-refractivity contribution >= 4 is 17.4 Å². The highest BCUT2D eigenvalue weighted by atomic mass is 16.5. The van der Waals surface area contributed by atoms with Crippen LogP contribution in [0.3, 0.4) is 0 Å². The Hall–Kier alpha value is -2.63. The van der Waals surface area contributed by atoms with Gasteiger partial charge in [-0.05, 0) is 45.7 Å². The smallest absolute Gasteiger partial charge is 0.274 e. The van der Waals surface area contributed by atoms with Crippen LogP contribution in [0.2, 0.25) is 0 Å². The molecule has 0 aliphatic carbocycles. The first-order valence-electron chi connectivity index (χ1n) is 8.70. The number of anilines is 2. The van der Waals surface area contributed by atoms with Gasteiger partial charge in [0.25, 0.3) is 5.91 Å². The number of rotatable bonds is 5. The van der Waals surface area contributed by atoms with E-state index in [0.29, 0.717) is 23.0 Å². The number of aromatic nitrogens is 2. The van der Waals surface area contributed by atoms with E-state index in [0.717, 1.165) is 31.7 Å². The number of hydrogen-bond donors (Lipinski definition) is 1. The third kappa shape index (κ3) is 4.26. The summed E-state index contributed by atoms with van der Waals surface area (Å²) in [7, 11) is 0. The molecule has 0 spiro atoms. The van der Waals surface area contributed by atoms with Crippen molar-refractivity contribution in [3.05, 3.63) is 41.9 Å². The van der Waals surface area contributed by atoms with Crippen molar-refractivity contribution in [1.82, 2.24) is 9.97 Å². The summed E-state index contributed by atoms with van der Waals surface area (Å²) < 4.78 is 5.76. The van der Waals surface area contributed by atoms with Gasteiger partial charge in [-0.3, -0.25) is 4.79 Å². The fraction of sp³-hybridized carbons (Fsp3) is 0.421. The standard InChI is InChI=1S/C19H24N4O2/c1-13(2)25-17-9-5-4-8-15(17)22-19(24)16-12-18(21-14(3)20-16)23-10-6-7-11-23/h4-5,8-9,12-13H,6-7,10-11H2,1-3H3,(H,22,24). The second-order valence-corrected chi connectivity index (χ2v) is 6.47. The summed E-state index contributed by atoms with van der Waals surface area (Å²) in [5.41, 5.74) is 1.01. The number of nitrogens with one attached hydrogen (secondary N) is 1. The molecule has 0 radical (unpaired) electrons. The normalized spacial score (nSPS) is 14.0. The first-order valence-corrected chi connectivity index (χ1v) is 8.70. The highest BCUT2D eigenvalue weighted by Crippen LogP contribution is 2.26. The average Bonchev–Trinajstić information content (AvgIpc) is 3.10. The summed E-state index contributed by atoms with van der Waals surface area (Å²) in [5, 5.41) is 2.90. The van der Waals surface area contributed by atoms with Gasteiger partial charge in [0.2, 0.25) is 0 Å². The Morgan fingerprint density at radius 2 is 1.92 bits per heavy atom. The highest BCUT2D eigenvalue weighted by Gasteiger charge is 2.18. The Bertz CT molecular complexity index is 755. The van der Waals surface area contributed by atoms with E-state index in [-0.39, 0.29) is 12.0 Å². The quantitative estimate of drug-likeness (QED) is 0.903. The molecule has 0 unspecified atom stereocenters. The van der Waals surface area contributed by atoms with Crippen LogP contribution in [0.1, 0.15) is 43.0 Å². The zero-order valence-corrected chi connectivity index (χ0v) is 15.0. The van der Waals surface area contributed by atoms with Crippen LogP contribution in [0, 0.1) is 6.92 Å². The Labute approximate surface area is 148 Å². The summed E-state index contributed by atoms with van der Waals surface area (Å²) in [5.74, 6) is 1.81. The predicted molar refractivity (Wildman–Crippen MR) is 98.4 cm³/mol. The van der Waals surface area contributed by atoms with Crippen LogP contribution >= 0.6 is 0 Å². The molecule has 1 aliphatic heterocycles. The maximum atomic E-state index is 12.7. The lowest BCUT2D eigenvalue weighted by atomic mass is 10.2. The van der Waals surface area contributed by atoms with Gasteiger partial charge in [-0.2, -0.15) is 0 Å². The first-order chi connectivity index (χ1) is 12.0. The molecule has 1 saturated heterocycles. The highest BCUT2D eigenvalue weighted by molar-refractivity contribution is 6.04. The van der Waals surface area contributed by atoms with Crippen molar-refractivity contribution < 1.29 is 9.53 Å². The Kier molecular flexibility index (Phi) is 5.16. The molecule has 1 amide bonds. The number of aryl methyl sites for hydroxylation is 1. The Morgan fingerprint density at radius 1 is 1.20 bits per heavy atom. The minimum atomic E-state index is -0.259. The molecular formula is C19H24N4O2. The lowest BCUT2D eigenvalue weighted by Crippen LogP contribution is -2.22. The molecule has 1 aliphatic rings. The lowest BCUT2D eigenvalue weighted by molar-refractivity contribution is 0.102. The molecule has 132 valence electrons. The van der Waals surface area contributed by atoms with Crippen molar-refractivity contribution in [2.45, 2.75) is 39.7 Å². The molecule has 25 heavy (non-hydrogen) atoms. The SMILES string of the molecule is Cc1nc(C(=O)Nc2ccccc2OC(C)C)cc(N2CCCC2)n1. The van der Waals surface area contributed by atoms with Crippen molar-refractivity contribution in [3.8, 4) is 5.75 Å². The largest absolute Gasteiger partial charge is 0.489 e. The Morgan fingerprint density at radius 3 is 2.64 bits per heavy atom. The van der Waals surface area contributed by atoms with Crippen molar-refractivity contribution in [3.63, 3.8) is 0 Å². The number of carbonyl (C=O) groups is 1. The molecule has 3 rings (SSSR count).